The lowest BCUT2D eigenvalue weighted by Gasteiger charge is -2.33. The minimum absolute atomic E-state index is 0.227. The Morgan fingerprint density at radius 3 is 2.50 bits per heavy atom. The van der Waals surface area contributed by atoms with Crippen molar-refractivity contribution in [1.82, 2.24) is 10.1 Å². The van der Waals surface area contributed by atoms with Gasteiger partial charge >= 0.3 is 6.09 Å². The Morgan fingerprint density at radius 2 is 1.88 bits per heavy atom. The van der Waals surface area contributed by atoms with Gasteiger partial charge in [0.15, 0.2) is 0 Å². The highest BCUT2D eigenvalue weighted by atomic mass is 16.6. The van der Waals surface area contributed by atoms with E-state index in [0.717, 1.165) is 29.7 Å². The summed E-state index contributed by atoms with van der Waals surface area (Å²) in [5, 5.41) is 4.18. The van der Waals surface area contributed by atoms with Gasteiger partial charge in [0.1, 0.15) is 17.6 Å². The van der Waals surface area contributed by atoms with Crippen LogP contribution in [0.15, 0.2) is 41.1 Å². The summed E-state index contributed by atoms with van der Waals surface area (Å²) in [7, 11) is 0. The molecule has 2 heterocycles. The summed E-state index contributed by atoms with van der Waals surface area (Å²) < 4.78 is 10.7. The third kappa shape index (κ3) is 3.78. The van der Waals surface area contributed by atoms with Crippen molar-refractivity contribution < 1.29 is 14.1 Å². The van der Waals surface area contributed by atoms with Crippen molar-refractivity contribution in [2.75, 3.05) is 13.1 Å². The molecule has 0 aliphatic carbocycles. The van der Waals surface area contributed by atoms with Crippen LogP contribution in [0, 0.1) is 0 Å². The molecule has 3 rings (SSSR count). The number of hydrogen-bond donors (Lipinski definition) is 0. The summed E-state index contributed by atoms with van der Waals surface area (Å²) in [6.45, 7) is 7.06. The zero-order chi connectivity index (χ0) is 17.2. The van der Waals surface area contributed by atoms with Crippen LogP contribution in [-0.2, 0) is 4.74 Å². The maximum absolute atomic E-state index is 12.2. The number of carbonyl (C=O) groups is 1. The molecule has 128 valence electrons. The quantitative estimate of drug-likeness (QED) is 0.817. The number of nitrogens with zero attached hydrogens (tertiary/aromatic N) is 2. The molecule has 1 aromatic carbocycles. The largest absolute Gasteiger partial charge is 0.444 e. The smallest absolute Gasteiger partial charge is 0.410 e. The van der Waals surface area contributed by atoms with E-state index < -0.39 is 5.60 Å². The van der Waals surface area contributed by atoms with Gasteiger partial charge in [-0.05, 0) is 39.5 Å². The summed E-state index contributed by atoms with van der Waals surface area (Å²) >= 11 is 0. The molecule has 0 spiro atoms. The third-order valence-corrected chi connectivity index (χ3v) is 4.23. The van der Waals surface area contributed by atoms with Crippen LogP contribution in [0.4, 0.5) is 4.79 Å². The molecule has 5 heteroatoms. The molecule has 0 N–H and O–H groups in total. The van der Waals surface area contributed by atoms with Crippen LogP contribution in [0.1, 0.15) is 45.1 Å². The summed E-state index contributed by atoms with van der Waals surface area (Å²) in [6.07, 6.45) is 3.30. The second kappa shape index (κ2) is 6.67. The van der Waals surface area contributed by atoms with Crippen LogP contribution in [0.2, 0.25) is 0 Å². The van der Waals surface area contributed by atoms with E-state index in [1.165, 1.54) is 0 Å². The van der Waals surface area contributed by atoms with E-state index in [9.17, 15) is 4.79 Å². The molecule has 1 aliphatic rings. The molecule has 24 heavy (non-hydrogen) atoms. The van der Waals surface area contributed by atoms with Crippen LogP contribution in [0.25, 0.3) is 11.3 Å². The standard InChI is InChI=1S/C19H24N2O3/c1-19(2,3)24-18(22)21-11-9-14(10-12-21)16-13-23-20-17(16)15-7-5-4-6-8-15/h4-8,13-14H,9-12H2,1-3H3. The first kappa shape index (κ1) is 16.6. The number of benzene rings is 1. The van der Waals surface area contributed by atoms with Crippen molar-refractivity contribution in [3.8, 4) is 11.3 Å². The van der Waals surface area contributed by atoms with Gasteiger partial charge in [0.05, 0.1) is 0 Å². The summed E-state index contributed by atoms with van der Waals surface area (Å²) in [4.78, 5) is 14.0. The van der Waals surface area contributed by atoms with Crippen molar-refractivity contribution in [3.63, 3.8) is 0 Å². The number of aromatic nitrogens is 1. The van der Waals surface area contributed by atoms with Gasteiger partial charge in [0.2, 0.25) is 0 Å². The fourth-order valence-electron chi connectivity index (χ4n) is 3.05. The molecule has 1 saturated heterocycles. The van der Waals surface area contributed by atoms with Crippen LogP contribution in [0.5, 0.6) is 0 Å². The molecule has 1 amide bonds. The predicted molar refractivity (Wildman–Crippen MR) is 91.7 cm³/mol. The summed E-state index contributed by atoms with van der Waals surface area (Å²) in [5.74, 6) is 0.352. The molecule has 0 radical (unpaired) electrons. The lowest BCUT2D eigenvalue weighted by molar-refractivity contribution is 0.0205. The first-order chi connectivity index (χ1) is 11.4. The predicted octanol–water partition coefficient (Wildman–Crippen LogP) is 4.46. The van der Waals surface area contributed by atoms with E-state index in [2.05, 4.69) is 5.16 Å². The normalized spacial score (nSPS) is 16.2. The first-order valence-corrected chi connectivity index (χ1v) is 8.41. The van der Waals surface area contributed by atoms with E-state index in [0.29, 0.717) is 19.0 Å². The Bertz CT molecular complexity index is 680. The highest BCUT2D eigenvalue weighted by Gasteiger charge is 2.29. The van der Waals surface area contributed by atoms with Crippen LogP contribution in [-0.4, -0.2) is 34.8 Å². The Kier molecular flexibility index (Phi) is 4.60. The Balaban J connectivity index is 1.66. The van der Waals surface area contributed by atoms with Gasteiger partial charge in [-0.25, -0.2) is 4.79 Å². The molecule has 0 bridgehead atoms. The molecule has 0 saturated carbocycles. The fraction of sp³-hybridized carbons (Fsp3) is 0.474. The van der Waals surface area contributed by atoms with Gasteiger partial charge in [-0.3, -0.25) is 0 Å². The molecule has 5 nitrogen and oxygen atoms in total. The molecule has 1 fully saturated rings. The number of rotatable bonds is 2. The lowest BCUT2D eigenvalue weighted by Crippen LogP contribution is -2.41. The third-order valence-electron chi connectivity index (χ3n) is 4.23. The molecule has 1 aromatic heterocycles. The van der Waals surface area contributed by atoms with Gasteiger partial charge in [-0.1, -0.05) is 35.5 Å². The number of ether oxygens (including phenoxy) is 1. The molecule has 1 aliphatic heterocycles. The van der Waals surface area contributed by atoms with Crippen molar-refractivity contribution in [2.24, 2.45) is 0 Å². The van der Waals surface area contributed by atoms with Gasteiger partial charge in [-0.2, -0.15) is 0 Å². The molecule has 2 aromatic rings. The lowest BCUT2D eigenvalue weighted by atomic mass is 9.88. The maximum Gasteiger partial charge on any atom is 0.410 e. The van der Waals surface area contributed by atoms with Crippen LogP contribution < -0.4 is 0 Å². The fourth-order valence-corrected chi connectivity index (χ4v) is 3.05. The van der Waals surface area contributed by atoms with E-state index in [1.54, 1.807) is 11.2 Å². The number of likely N-dealkylation sites (tertiary alicyclic amines) is 1. The second-order valence-electron chi connectivity index (χ2n) is 7.23. The topological polar surface area (TPSA) is 55.6 Å². The zero-order valence-electron chi connectivity index (χ0n) is 14.5. The van der Waals surface area contributed by atoms with E-state index in [-0.39, 0.29) is 6.09 Å². The van der Waals surface area contributed by atoms with Gasteiger partial charge in [0, 0.05) is 24.2 Å². The molecular formula is C19H24N2O3. The summed E-state index contributed by atoms with van der Waals surface area (Å²) in [5.41, 5.74) is 2.65. The Hall–Kier alpha value is -2.30. The van der Waals surface area contributed by atoms with Crippen LogP contribution >= 0.6 is 0 Å². The van der Waals surface area contributed by atoms with Crippen molar-refractivity contribution in [3.05, 3.63) is 42.2 Å². The zero-order valence-corrected chi connectivity index (χ0v) is 14.5. The number of hydrogen-bond acceptors (Lipinski definition) is 4. The van der Waals surface area contributed by atoms with E-state index >= 15 is 0 Å². The average molecular weight is 328 g/mol. The molecular weight excluding hydrogens is 304 g/mol. The number of carbonyl (C=O) groups excluding carboxylic acids is 1. The highest BCUT2D eigenvalue weighted by Crippen LogP contribution is 2.34. The van der Waals surface area contributed by atoms with Gasteiger partial charge in [-0.15, -0.1) is 0 Å². The van der Waals surface area contributed by atoms with Crippen molar-refractivity contribution in [2.45, 2.75) is 45.1 Å². The van der Waals surface area contributed by atoms with Gasteiger partial charge < -0.3 is 14.2 Å². The minimum atomic E-state index is -0.455. The summed E-state index contributed by atoms with van der Waals surface area (Å²) in [6, 6.07) is 10.1. The number of piperidine rings is 1. The van der Waals surface area contributed by atoms with Crippen molar-refractivity contribution >= 4 is 6.09 Å². The van der Waals surface area contributed by atoms with Crippen molar-refractivity contribution in [1.29, 1.82) is 0 Å². The Morgan fingerprint density at radius 1 is 1.21 bits per heavy atom. The molecule has 0 unspecified atom stereocenters. The minimum Gasteiger partial charge on any atom is -0.444 e. The van der Waals surface area contributed by atoms with Crippen LogP contribution in [0.3, 0.4) is 0 Å². The van der Waals surface area contributed by atoms with Gasteiger partial charge in [0.25, 0.3) is 0 Å². The number of amides is 1. The second-order valence-corrected chi connectivity index (χ2v) is 7.23. The highest BCUT2D eigenvalue weighted by molar-refractivity contribution is 5.68. The SMILES string of the molecule is CC(C)(C)OC(=O)N1CCC(c2conc2-c2ccccc2)CC1. The first-order valence-electron chi connectivity index (χ1n) is 8.41. The average Bonchev–Trinajstić information content (AvgIpc) is 3.04. The van der Waals surface area contributed by atoms with E-state index in [4.69, 9.17) is 9.26 Å². The Labute approximate surface area is 142 Å². The molecule has 0 atom stereocenters. The monoisotopic (exact) mass is 328 g/mol. The maximum atomic E-state index is 12.2. The van der Waals surface area contributed by atoms with E-state index in [1.807, 2.05) is 51.1 Å².